The standard InChI is InChI=1S/C22H25NO5/c1-26-20-12-17(10-11-19(20)28-14-15-6-4-3-5-7-15)22(25)23-18(16-8-9-16)13-21(24)27-2/h3-7,10-12,16,18H,8-9,13-14H2,1-2H3,(H,23,25)/t18-/m0/s1. The third kappa shape index (κ3) is 5.25. The third-order valence-electron chi connectivity index (χ3n) is 4.78. The van der Waals surface area contributed by atoms with Gasteiger partial charge in [-0.1, -0.05) is 30.3 Å². The van der Waals surface area contributed by atoms with Gasteiger partial charge in [0.1, 0.15) is 6.61 Å². The number of esters is 1. The van der Waals surface area contributed by atoms with Gasteiger partial charge in [-0.05, 0) is 42.5 Å². The quantitative estimate of drug-likeness (QED) is 0.672. The highest BCUT2D eigenvalue weighted by Gasteiger charge is 2.34. The average Bonchev–Trinajstić information content (AvgIpc) is 3.57. The molecule has 1 saturated carbocycles. The SMILES string of the molecule is COC(=O)C[C@H](NC(=O)c1ccc(OCc2ccccc2)c(OC)c1)C1CC1. The molecule has 1 N–H and O–H groups in total. The minimum Gasteiger partial charge on any atom is -0.493 e. The van der Waals surface area contributed by atoms with Gasteiger partial charge in [0.25, 0.3) is 5.91 Å². The first-order valence-corrected chi connectivity index (χ1v) is 9.33. The van der Waals surface area contributed by atoms with Crippen molar-refractivity contribution in [3.8, 4) is 11.5 Å². The lowest BCUT2D eigenvalue weighted by atomic mass is 10.1. The van der Waals surface area contributed by atoms with Crippen LogP contribution in [0.4, 0.5) is 0 Å². The molecule has 0 unspecified atom stereocenters. The van der Waals surface area contributed by atoms with Crippen molar-refractivity contribution in [1.82, 2.24) is 5.32 Å². The lowest BCUT2D eigenvalue weighted by Crippen LogP contribution is -2.38. The fraction of sp³-hybridized carbons (Fsp3) is 0.364. The van der Waals surface area contributed by atoms with Gasteiger partial charge in [0.15, 0.2) is 11.5 Å². The lowest BCUT2D eigenvalue weighted by molar-refractivity contribution is -0.141. The Labute approximate surface area is 164 Å². The summed E-state index contributed by atoms with van der Waals surface area (Å²) in [6.45, 7) is 0.408. The van der Waals surface area contributed by atoms with E-state index in [1.54, 1.807) is 18.2 Å². The molecule has 1 fully saturated rings. The van der Waals surface area contributed by atoms with Crippen molar-refractivity contribution >= 4 is 11.9 Å². The van der Waals surface area contributed by atoms with Crippen molar-refractivity contribution in [2.75, 3.05) is 14.2 Å². The zero-order chi connectivity index (χ0) is 19.9. The second-order valence-corrected chi connectivity index (χ2v) is 6.84. The van der Waals surface area contributed by atoms with Crippen LogP contribution in [0.2, 0.25) is 0 Å². The molecule has 0 radical (unpaired) electrons. The molecular formula is C22H25NO5. The molecule has 1 aliphatic carbocycles. The summed E-state index contributed by atoms with van der Waals surface area (Å²) in [7, 11) is 2.89. The van der Waals surface area contributed by atoms with Gasteiger partial charge in [-0.25, -0.2) is 0 Å². The number of hydrogen-bond donors (Lipinski definition) is 1. The minimum absolute atomic E-state index is 0.183. The molecule has 0 aliphatic heterocycles. The lowest BCUT2D eigenvalue weighted by Gasteiger charge is -2.18. The van der Waals surface area contributed by atoms with E-state index in [-0.39, 0.29) is 24.3 Å². The fourth-order valence-corrected chi connectivity index (χ4v) is 3.01. The summed E-state index contributed by atoms with van der Waals surface area (Å²) in [5, 5.41) is 2.95. The Kier molecular flexibility index (Phi) is 6.53. The van der Waals surface area contributed by atoms with Crippen LogP contribution in [0.5, 0.6) is 11.5 Å². The van der Waals surface area contributed by atoms with Crippen molar-refractivity contribution in [2.45, 2.75) is 31.9 Å². The monoisotopic (exact) mass is 383 g/mol. The van der Waals surface area contributed by atoms with Crippen LogP contribution in [0.1, 0.15) is 35.2 Å². The Bertz CT molecular complexity index is 817. The molecule has 1 aliphatic rings. The maximum atomic E-state index is 12.7. The second-order valence-electron chi connectivity index (χ2n) is 6.84. The van der Waals surface area contributed by atoms with Crippen molar-refractivity contribution in [2.24, 2.45) is 5.92 Å². The molecule has 0 bridgehead atoms. The van der Waals surface area contributed by atoms with Crippen LogP contribution in [-0.2, 0) is 16.1 Å². The molecule has 28 heavy (non-hydrogen) atoms. The normalized spacial score (nSPS) is 14.1. The maximum Gasteiger partial charge on any atom is 0.307 e. The van der Waals surface area contributed by atoms with Crippen LogP contribution in [-0.4, -0.2) is 32.1 Å². The summed E-state index contributed by atoms with van der Waals surface area (Å²) in [6.07, 6.45) is 2.21. The van der Waals surface area contributed by atoms with E-state index in [1.807, 2.05) is 30.3 Å². The predicted octanol–water partition coefficient (Wildman–Crippen LogP) is 3.35. The molecule has 0 heterocycles. The van der Waals surface area contributed by atoms with Gasteiger partial charge in [-0.15, -0.1) is 0 Å². The summed E-state index contributed by atoms with van der Waals surface area (Å²) < 4.78 is 16.0. The van der Waals surface area contributed by atoms with E-state index in [0.29, 0.717) is 29.6 Å². The highest BCUT2D eigenvalue weighted by molar-refractivity contribution is 5.95. The molecule has 148 valence electrons. The molecule has 2 aromatic rings. The number of methoxy groups -OCH3 is 2. The Morgan fingerprint density at radius 3 is 2.46 bits per heavy atom. The first-order valence-electron chi connectivity index (χ1n) is 9.33. The number of benzene rings is 2. The van der Waals surface area contributed by atoms with E-state index in [4.69, 9.17) is 14.2 Å². The van der Waals surface area contributed by atoms with E-state index < -0.39 is 0 Å². The van der Waals surface area contributed by atoms with E-state index in [2.05, 4.69) is 5.32 Å². The summed E-state index contributed by atoms with van der Waals surface area (Å²) >= 11 is 0. The molecule has 0 spiro atoms. The topological polar surface area (TPSA) is 73.9 Å². The molecule has 6 heteroatoms. The van der Waals surface area contributed by atoms with Crippen LogP contribution in [0.3, 0.4) is 0 Å². The van der Waals surface area contributed by atoms with Crippen LogP contribution in [0, 0.1) is 5.92 Å². The Morgan fingerprint density at radius 2 is 1.82 bits per heavy atom. The minimum atomic E-state index is -0.320. The van der Waals surface area contributed by atoms with Crippen LogP contribution in [0.25, 0.3) is 0 Å². The van der Waals surface area contributed by atoms with Crippen molar-refractivity contribution in [3.63, 3.8) is 0 Å². The van der Waals surface area contributed by atoms with Gasteiger partial charge in [0.2, 0.25) is 0 Å². The number of ether oxygens (including phenoxy) is 3. The number of amides is 1. The zero-order valence-electron chi connectivity index (χ0n) is 16.1. The summed E-state index contributed by atoms with van der Waals surface area (Å²) in [5.41, 5.74) is 1.50. The first-order chi connectivity index (χ1) is 13.6. The van der Waals surface area contributed by atoms with Gasteiger partial charge < -0.3 is 19.5 Å². The Balaban J connectivity index is 1.66. The molecule has 0 aromatic heterocycles. The molecule has 6 nitrogen and oxygen atoms in total. The van der Waals surface area contributed by atoms with Gasteiger partial charge in [0.05, 0.1) is 20.6 Å². The first kappa shape index (κ1) is 19.7. The third-order valence-corrected chi connectivity index (χ3v) is 4.78. The molecule has 3 rings (SSSR count). The molecule has 0 saturated heterocycles. The van der Waals surface area contributed by atoms with Crippen LogP contribution in [0.15, 0.2) is 48.5 Å². The second kappa shape index (κ2) is 9.26. The van der Waals surface area contributed by atoms with E-state index in [9.17, 15) is 9.59 Å². The van der Waals surface area contributed by atoms with Crippen LogP contribution >= 0.6 is 0 Å². The summed E-state index contributed by atoms with van der Waals surface area (Å²) in [6, 6.07) is 14.7. The zero-order valence-corrected chi connectivity index (χ0v) is 16.1. The maximum absolute atomic E-state index is 12.7. The van der Waals surface area contributed by atoms with Crippen LogP contribution < -0.4 is 14.8 Å². The van der Waals surface area contributed by atoms with E-state index in [0.717, 1.165) is 18.4 Å². The molecular weight excluding hydrogens is 358 g/mol. The van der Waals surface area contributed by atoms with Gasteiger partial charge in [0, 0.05) is 11.6 Å². The Hall–Kier alpha value is -3.02. The average molecular weight is 383 g/mol. The number of carbonyl (C=O) groups excluding carboxylic acids is 2. The number of carbonyl (C=O) groups is 2. The largest absolute Gasteiger partial charge is 0.493 e. The molecule has 1 atom stereocenters. The number of nitrogens with one attached hydrogen (secondary N) is 1. The predicted molar refractivity (Wildman–Crippen MR) is 104 cm³/mol. The fourth-order valence-electron chi connectivity index (χ4n) is 3.01. The number of hydrogen-bond acceptors (Lipinski definition) is 5. The van der Waals surface area contributed by atoms with Crippen molar-refractivity contribution in [1.29, 1.82) is 0 Å². The van der Waals surface area contributed by atoms with E-state index >= 15 is 0 Å². The Morgan fingerprint density at radius 1 is 1.07 bits per heavy atom. The van der Waals surface area contributed by atoms with Crippen molar-refractivity contribution in [3.05, 3.63) is 59.7 Å². The van der Waals surface area contributed by atoms with Gasteiger partial charge >= 0.3 is 5.97 Å². The summed E-state index contributed by atoms with van der Waals surface area (Å²) in [5.74, 6) is 0.822. The highest BCUT2D eigenvalue weighted by atomic mass is 16.5. The molecule has 2 aromatic carbocycles. The highest BCUT2D eigenvalue weighted by Crippen LogP contribution is 2.34. The smallest absolute Gasteiger partial charge is 0.307 e. The molecule has 1 amide bonds. The number of rotatable bonds is 9. The summed E-state index contributed by atoms with van der Waals surface area (Å²) in [4.78, 5) is 24.3. The van der Waals surface area contributed by atoms with Gasteiger partial charge in [-0.3, -0.25) is 9.59 Å². The van der Waals surface area contributed by atoms with Gasteiger partial charge in [-0.2, -0.15) is 0 Å². The van der Waals surface area contributed by atoms with E-state index in [1.165, 1.54) is 14.2 Å². The van der Waals surface area contributed by atoms with Crippen molar-refractivity contribution < 1.29 is 23.8 Å².